The Morgan fingerprint density at radius 3 is 2.86 bits per heavy atom. The van der Waals surface area contributed by atoms with Crippen molar-refractivity contribution in [3.8, 4) is 5.75 Å². The van der Waals surface area contributed by atoms with E-state index in [2.05, 4.69) is 15.9 Å². The number of para-hydroxylation sites is 1. The van der Waals surface area contributed by atoms with E-state index in [0.29, 0.717) is 30.3 Å². The van der Waals surface area contributed by atoms with Crippen LogP contribution in [0.2, 0.25) is 5.02 Å². The smallest absolute Gasteiger partial charge is 0.254 e. The van der Waals surface area contributed by atoms with Crippen LogP contribution in [0.1, 0.15) is 15.9 Å². The summed E-state index contributed by atoms with van der Waals surface area (Å²) >= 11 is 9.32. The monoisotopic (exact) mass is 365 g/mol. The number of carbonyl (C=O) groups is 1. The maximum Gasteiger partial charge on any atom is 0.254 e. The fraction of sp³-hybridized carbons (Fsp3) is 0.188. The number of benzene rings is 2. The highest BCUT2D eigenvalue weighted by Crippen LogP contribution is 2.26. The Kier molecular flexibility index (Phi) is 4.17. The first-order valence-electron chi connectivity index (χ1n) is 6.60. The topological polar surface area (TPSA) is 29.5 Å². The summed E-state index contributed by atoms with van der Waals surface area (Å²) in [6.45, 7) is 1.61. The SMILES string of the molecule is O=C(c1ccc(Cl)c(Br)c1)N1CCOc2ccccc2C1. The van der Waals surface area contributed by atoms with Crippen LogP contribution in [-0.2, 0) is 6.54 Å². The summed E-state index contributed by atoms with van der Waals surface area (Å²) in [5.41, 5.74) is 1.64. The van der Waals surface area contributed by atoms with Crippen molar-refractivity contribution in [1.82, 2.24) is 4.90 Å². The highest BCUT2D eigenvalue weighted by molar-refractivity contribution is 9.10. The van der Waals surface area contributed by atoms with Gasteiger partial charge < -0.3 is 9.64 Å². The first-order valence-corrected chi connectivity index (χ1v) is 7.77. The molecule has 0 N–H and O–H groups in total. The number of rotatable bonds is 1. The van der Waals surface area contributed by atoms with Crippen molar-refractivity contribution in [2.45, 2.75) is 6.54 Å². The van der Waals surface area contributed by atoms with Crippen molar-refractivity contribution in [2.75, 3.05) is 13.2 Å². The largest absolute Gasteiger partial charge is 0.491 e. The van der Waals surface area contributed by atoms with Crippen molar-refractivity contribution in [3.63, 3.8) is 0 Å². The first-order chi connectivity index (χ1) is 10.1. The van der Waals surface area contributed by atoms with E-state index in [4.69, 9.17) is 16.3 Å². The van der Waals surface area contributed by atoms with Gasteiger partial charge in [0, 0.05) is 22.1 Å². The van der Waals surface area contributed by atoms with Crippen LogP contribution in [0.3, 0.4) is 0 Å². The Hall–Kier alpha value is -1.52. The van der Waals surface area contributed by atoms with Gasteiger partial charge in [0.25, 0.3) is 5.91 Å². The Bertz CT molecular complexity index is 690. The maximum atomic E-state index is 12.6. The Morgan fingerprint density at radius 2 is 2.05 bits per heavy atom. The van der Waals surface area contributed by atoms with Gasteiger partial charge in [-0.2, -0.15) is 0 Å². The van der Waals surface area contributed by atoms with E-state index in [0.717, 1.165) is 15.8 Å². The minimum Gasteiger partial charge on any atom is -0.491 e. The second-order valence-electron chi connectivity index (χ2n) is 4.81. The quantitative estimate of drug-likeness (QED) is 0.759. The molecule has 2 aromatic rings. The second kappa shape index (κ2) is 6.08. The average molecular weight is 367 g/mol. The Morgan fingerprint density at radius 1 is 1.24 bits per heavy atom. The molecule has 0 aromatic heterocycles. The lowest BCUT2D eigenvalue weighted by Crippen LogP contribution is -2.32. The Labute approximate surface area is 136 Å². The fourth-order valence-corrected chi connectivity index (χ4v) is 2.81. The maximum absolute atomic E-state index is 12.6. The lowest BCUT2D eigenvalue weighted by Gasteiger charge is -2.20. The fourth-order valence-electron chi connectivity index (χ4n) is 2.31. The molecule has 1 heterocycles. The normalized spacial score (nSPS) is 14.1. The van der Waals surface area contributed by atoms with Crippen molar-refractivity contribution < 1.29 is 9.53 Å². The minimum absolute atomic E-state index is 0.0207. The molecule has 21 heavy (non-hydrogen) atoms. The highest BCUT2D eigenvalue weighted by Gasteiger charge is 2.21. The van der Waals surface area contributed by atoms with E-state index in [1.807, 2.05) is 24.3 Å². The van der Waals surface area contributed by atoms with Gasteiger partial charge in [0.15, 0.2) is 0 Å². The number of hydrogen-bond donors (Lipinski definition) is 0. The molecule has 108 valence electrons. The third-order valence-electron chi connectivity index (χ3n) is 3.41. The zero-order valence-corrected chi connectivity index (χ0v) is 13.5. The zero-order chi connectivity index (χ0) is 14.8. The average Bonchev–Trinajstić information content (AvgIpc) is 2.71. The van der Waals surface area contributed by atoms with Crippen molar-refractivity contribution in [3.05, 3.63) is 63.1 Å². The number of halogens is 2. The van der Waals surface area contributed by atoms with Crippen LogP contribution in [0.5, 0.6) is 5.75 Å². The van der Waals surface area contributed by atoms with Gasteiger partial charge in [-0.05, 0) is 40.2 Å². The summed E-state index contributed by atoms with van der Waals surface area (Å²) < 4.78 is 6.41. The molecule has 5 heteroatoms. The summed E-state index contributed by atoms with van der Waals surface area (Å²) in [5.74, 6) is 0.831. The van der Waals surface area contributed by atoms with Gasteiger partial charge in [0.2, 0.25) is 0 Å². The van der Waals surface area contributed by atoms with Gasteiger partial charge in [0.05, 0.1) is 11.6 Å². The molecule has 1 amide bonds. The highest BCUT2D eigenvalue weighted by atomic mass is 79.9. The van der Waals surface area contributed by atoms with Crippen LogP contribution < -0.4 is 4.74 Å². The summed E-state index contributed by atoms with van der Waals surface area (Å²) in [4.78, 5) is 14.4. The number of hydrogen-bond acceptors (Lipinski definition) is 2. The van der Waals surface area contributed by atoms with E-state index >= 15 is 0 Å². The number of amides is 1. The van der Waals surface area contributed by atoms with Gasteiger partial charge in [-0.15, -0.1) is 0 Å². The Balaban J connectivity index is 1.86. The van der Waals surface area contributed by atoms with E-state index < -0.39 is 0 Å². The van der Waals surface area contributed by atoms with Crippen LogP contribution in [-0.4, -0.2) is 24.0 Å². The summed E-state index contributed by atoms with van der Waals surface area (Å²) in [6.07, 6.45) is 0. The number of fused-ring (bicyclic) bond motifs is 1. The molecule has 2 aromatic carbocycles. The first kappa shape index (κ1) is 14.4. The van der Waals surface area contributed by atoms with Crippen molar-refractivity contribution in [2.24, 2.45) is 0 Å². The molecular formula is C16H13BrClNO2. The zero-order valence-electron chi connectivity index (χ0n) is 11.2. The molecule has 0 atom stereocenters. The van der Waals surface area contributed by atoms with E-state index in [9.17, 15) is 4.79 Å². The molecule has 0 radical (unpaired) electrons. The molecule has 1 aliphatic rings. The predicted molar refractivity (Wildman–Crippen MR) is 85.8 cm³/mol. The molecule has 3 rings (SSSR count). The van der Waals surface area contributed by atoms with E-state index in [1.165, 1.54) is 0 Å². The molecule has 0 saturated carbocycles. The van der Waals surface area contributed by atoms with Crippen LogP contribution in [0, 0.1) is 0 Å². The van der Waals surface area contributed by atoms with E-state index in [-0.39, 0.29) is 5.91 Å². The van der Waals surface area contributed by atoms with E-state index in [1.54, 1.807) is 23.1 Å². The molecule has 0 unspecified atom stereocenters. The summed E-state index contributed by atoms with van der Waals surface area (Å²) in [5, 5.41) is 0.594. The third-order valence-corrected chi connectivity index (χ3v) is 4.62. The molecule has 0 bridgehead atoms. The lowest BCUT2D eigenvalue weighted by atomic mass is 10.1. The molecule has 1 aliphatic heterocycles. The second-order valence-corrected chi connectivity index (χ2v) is 6.07. The standard InChI is InChI=1S/C16H13BrClNO2/c17-13-9-11(5-6-14(13)18)16(20)19-7-8-21-15-4-2-1-3-12(15)10-19/h1-6,9H,7-8,10H2. The lowest BCUT2D eigenvalue weighted by molar-refractivity contribution is 0.0733. The molecule has 0 fully saturated rings. The van der Waals surface area contributed by atoms with Crippen LogP contribution in [0.15, 0.2) is 46.9 Å². The van der Waals surface area contributed by atoms with Gasteiger partial charge in [-0.3, -0.25) is 4.79 Å². The molecule has 3 nitrogen and oxygen atoms in total. The molecular weight excluding hydrogens is 354 g/mol. The summed E-state index contributed by atoms with van der Waals surface area (Å²) in [6, 6.07) is 13.0. The molecule has 0 saturated heterocycles. The van der Waals surface area contributed by atoms with Crippen LogP contribution >= 0.6 is 27.5 Å². The number of nitrogens with zero attached hydrogens (tertiary/aromatic N) is 1. The molecule has 0 aliphatic carbocycles. The van der Waals surface area contributed by atoms with Gasteiger partial charge in [-0.1, -0.05) is 29.8 Å². The summed E-state index contributed by atoms with van der Waals surface area (Å²) in [7, 11) is 0. The number of ether oxygens (including phenoxy) is 1. The molecule has 0 spiro atoms. The van der Waals surface area contributed by atoms with Gasteiger partial charge in [-0.25, -0.2) is 0 Å². The predicted octanol–water partition coefficient (Wildman–Crippen LogP) is 4.14. The van der Waals surface area contributed by atoms with Crippen LogP contribution in [0.4, 0.5) is 0 Å². The van der Waals surface area contributed by atoms with Crippen molar-refractivity contribution >= 4 is 33.4 Å². The third kappa shape index (κ3) is 3.06. The minimum atomic E-state index is -0.0207. The van der Waals surface area contributed by atoms with Crippen molar-refractivity contribution in [1.29, 1.82) is 0 Å². The van der Waals surface area contributed by atoms with Gasteiger partial charge >= 0.3 is 0 Å². The van der Waals surface area contributed by atoms with Gasteiger partial charge in [0.1, 0.15) is 12.4 Å². The number of carbonyl (C=O) groups excluding carboxylic acids is 1. The van der Waals surface area contributed by atoms with Crippen LogP contribution in [0.25, 0.3) is 0 Å².